The molecule has 3 aromatic carbocycles. The summed E-state index contributed by atoms with van der Waals surface area (Å²) in [5.74, 6) is 0.0186. The molecule has 1 fully saturated rings. The second-order valence-electron chi connectivity index (χ2n) is 10.7. The molecule has 2 amide bonds. The van der Waals surface area contributed by atoms with Crippen molar-refractivity contribution in [1.29, 1.82) is 0 Å². The third-order valence-corrected chi connectivity index (χ3v) is 9.16. The number of likely N-dealkylation sites (N-methyl/N-ethyl adjacent to an activating group) is 1. The van der Waals surface area contributed by atoms with Crippen LogP contribution in [0, 0.1) is 0 Å². The first-order valence-electron chi connectivity index (χ1n) is 13.8. The number of methoxy groups -OCH3 is 1. The molecule has 1 aliphatic rings. The summed E-state index contributed by atoms with van der Waals surface area (Å²) in [6, 6.07) is 21.1. The van der Waals surface area contributed by atoms with Gasteiger partial charge in [0.1, 0.15) is 12.3 Å². The lowest BCUT2D eigenvalue weighted by Crippen LogP contribution is -2.30. The van der Waals surface area contributed by atoms with E-state index in [1.165, 1.54) is 43.4 Å². The van der Waals surface area contributed by atoms with Gasteiger partial charge < -0.3 is 14.2 Å². The van der Waals surface area contributed by atoms with Gasteiger partial charge in [-0.1, -0.05) is 55.7 Å². The Morgan fingerprint density at radius 2 is 1.63 bits per heavy atom. The van der Waals surface area contributed by atoms with Gasteiger partial charge in [-0.25, -0.2) is 13.1 Å². The van der Waals surface area contributed by atoms with Crippen LogP contribution in [-0.2, 0) is 21.4 Å². The second-order valence-corrected chi connectivity index (χ2v) is 12.4. The van der Waals surface area contributed by atoms with Crippen molar-refractivity contribution < 1.29 is 22.7 Å². The Morgan fingerprint density at radius 3 is 2.27 bits per heavy atom. The Hall–Kier alpha value is -4.11. The third kappa shape index (κ3) is 5.86. The van der Waals surface area contributed by atoms with Gasteiger partial charge in [0.2, 0.25) is 5.91 Å². The van der Waals surface area contributed by atoms with Gasteiger partial charge in [-0.05, 0) is 66.3 Å². The average molecular weight is 574 g/mol. The number of carbonyl (C=O) groups is 2. The molecule has 0 bridgehead atoms. The highest BCUT2D eigenvalue weighted by Crippen LogP contribution is 2.44. The van der Waals surface area contributed by atoms with Crippen molar-refractivity contribution in [3.8, 4) is 17.0 Å². The Labute approximate surface area is 241 Å². The predicted molar refractivity (Wildman–Crippen MR) is 160 cm³/mol. The van der Waals surface area contributed by atoms with Crippen LogP contribution < -0.4 is 9.46 Å². The molecule has 0 aliphatic heterocycles. The first-order valence-corrected chi connectivity index (χ1v) is 15.3. The fourth-order valence-electron chi connectivity index (χ4n) is 5.66. The summed E-state index contributed by atoms with van der Waals surface area (Å²) in [5.41, 5.74) is 4.10. The molecule has 0 atom stereocenters. The van der Waals surface area contributed by atoms with E-state index in [4.69, 9.17) is 4.74 Å². The smallest absolute Gasteiger partial charge is 0.265 e. The number of aromatic nitrogens is 1. The maximum Gasteiger partial charge on any atom is 0.265 e. The standard InChI is InChI=1S/C32H35N3O5S/c1-34(2)29(36)21-35-28-20-24(32(37)33-41(38,39)26-17-15-25(40-3)16-18-26)14-19-27(28)30(22-10-6-4-7-11-22)31(35)23-12-8-5-9-13-23/h5,8-9,12-20,22H,4,6-7,10-11,21H2,1-3H3,(H,33,37). The predicted octanol–water partition coefficient (Wildman–Crippen LogP) is 5.57. The van der Waals surface area contributed by atoms with E-state index < -0.39 is 15.9 Å². The fraction of sp³-hybridized carbons (Fsp3) is 0.312. The summed E-state index contributed by atoms with van der Waals surface area (Å²) < 4.78 is 35.3. The lowest BCUT2D eigenvalue weighted by atomic mass is 9.82. The van der Waals surface area contributed by atoms with E-state index in [-0.39, 0.29) is 22.9 Å². The molecular weight excluding hydrogens is 538 g/mol. The van der Waals surface area contributed by atoms with Gasteiger partial charge in [-0.3, -0.25) is 9.59 Å². The Kier molecular flexibility index (Phi) is 8.17. The topological polar surface area (TPSA) is 97.7 Å². The molecule has 1 aliphatic carbocycles. The zero-order valence-corrected chi connectivity index (χ0v) is 24.4. The lowest BCUT2D eigenvalue weighted by Gasteiger charge is -2.24. The number of amides is 2. The SMILES string of the molecule is COc1ccc(S(=O)(=O)NC(=O)c2ccc3c(C4CCCCC4)c(-c4ccccc4)n(CC(=O)N(C)C)c3c2)cc1. The maximum absolute atomic E-state index is 13.3. The maximum atomic E-state index is 13.3. The number of hydrogen-bond donors (Lipinski definition) is 1. The normalized spacial score (nSPS) is 14.1. The number of ether oxygens (including phenoxy) is 1. The number of benzene rings is 3. The Balaban J connectivity index is 1.63. The molecule has 0 radical (unpaired) electrons. The molecule has 41 heavy (non-hydrogen) atoms. The lowest BCUT2D eigenvalue weighted by molar-refractivity contribution is -0.129. The van der Waals surface area contributed by atoms with Crippen LogP contribution in [0.3, 0.4) is 0 Å². The van der Waals surface area contributed by atoms with E-state index in [1.807, 2.05) is 41.0 Å². The van der Waals surface area contributed by atoms with E-state index in [9.17, 15) is 18.0 Å². The van der Waals surface area contributed by atoms with Gasteiger partial charge in [-0.15, -0.1) is 0 Å². The zero-order valence-electron chi connectivity index (χ0n) is 23.6. The van der Waals surface area contributed by atoms with Crippen LogP contribution in [0.2, 0.25) is 0 Å². The minimum Gasteiger partial charge on any atom is -0.497 e. The molecular formula is C32H35N3O5S. The Morgan fingerprint density at radius 1 is 0.951 bits per heavy atom. The molecule has 214 valence electrons. The number of nitrogens with one attached hydrogen (secondary N) is 1. The third-order valence-electron chi connectivity index (χ3n) is 7.82. The molecule has 5 rings (SSSR count). The van der Waals surface area contributed by atoms with E-state index in [0.717, 1.165) is 47.8 Å². The summed E-state index contributed by atoms with van der Waals surface area (Å²) >= 11 is 0. The second kappa shape index (κ2) is 11.8. The van der Waals surface area contributed by atoms with Gasteiger partial charge in [0.25, 0.3) is 15.9 Å². The van der Waals surface area contributed by atoms with E-state index in [0.29, 0.717) is 11.7 Å². The summed E-state index contributed by atoms with van der Waals surface area (Å²) in [6.07, 6.45) is 5.62. The molecule has 1 aromatic heterocycles. The van der Waals surface area contributed by atoms with Crippen LogP contribution in [0.25, 0.3) is 22.2 Å². The van der Waals surface area contributed by atoms with Crippen molar-refractivity contribution in [1.82, 2.24) is 14.2 Å². The first-order chi connectivity index (χ1) is 19.7. The molecule has 1 heterocycles. The zero-order chi connectivity index (χ0) is 29.1. The van der Waals surface area contributed by atoms with Crippen molar-refractivity contribution in [2.75, 3.05) is 21.2 Å². The number of carbonyl (C=O) groups excluding carboxylic acids is 2. The average Bonchev–Trinajstić information content (AvgIpc) is 3.31. The van der Waals surface area contributed by atoms with Gasteiger partial charge in [-0.2, -0.15) is 0 Å². The molecule has 0 saturated heterocycles. The molecule has 1 N–H and O–H groups in total. The molecule has 0 unspecified atom stereocenters. The van der Waals surface area contributed by atoms with Crippen molar-refractivity contribution in [2.45, 2.75) is 49.5 Å². The van der Waals surface area contributed by atoms with Crippen LogP contribution >= 0.6 is 0 Å². The van der Waals surface area contributed by atoms with E-state index >= 15 is 0 Å². The van der Waals surface area contributed by atoms with Crippen LogP contribution in [0.5, 0.6) is 5.75 Å². The number of nitrogens with zero attached hydrogens (tertiary/aromatic N) is 2. The highest BCUT2D eigenvalue weighted by Gasteiger charge is 2.28. The van der Waals surface area contributed by atoms with Gasteiger partial charge in [0.05, 0.1) is 23.2 Å². The molecule has 0 spiro atoms. The summed E-state index contributed by atoms with van der Waals surface area (Å²) in [5, 5.41) is 0.983. The van der Waals surface area contributed by atoms with Crippen LogP contribution in [-0.4, -0.2) is 50.9 Å². The molecule has 4 aromatic rings. The van der Waals surface area contributed by atoms with Crippen LogP contribution in [0.1, 0.15) is 53.9 Å². The summed E-state index contributed by atoms with van der Waals surface area (Å²) in [6.45, 7) is 0.0929. The number of rotatable bonds is 8. The Bertz CT molecular complexity index is 1670. The van der Waals surface area contributed by atoms with Crippen molar-refractivity contribution in [3.63, 3.8) is 0 Å². The van der Waals surface area contributed by atoms with Crippen molar-refractivity contribution in [2.24, 2.45) is 0 Å². The van der Waals surface area contributed by atoms with E-state index in [1.54, 1.807) is 31.1 Å². The molecule has 8 nitrogen and oxygen atoms in total. The number of fused-ring (bicyclic) bond motifs is 1. The monoisotopic (exact) mass is 573 g/mol. The summed E-state index contributed by atoms with van der Waals surface area (Å²) in [7, 11) is 0.827. The number of hydrogen-bond acceptors (Lipinski definition) is 5. The van der Waals surface area contributed by atoms with Crippen molar-refractivity contribution in [3.05, 3.63) is 83.9 Å². The first kappa shape index (κ1) is 28.4. The van der Waals surface area contributed by atoms with Crippen LogP contribution in [0.15, 0.2) is 77.7 Å². The fourth-order valence-corrected chi connectivity index (χ4v) is 6.64. The van der Waals surface area contributed by atoms with Gasteiger partial charge >= 0.3 is 0 Å². The van der Waals surface area contributed by atoms with Gasteiger partial charge in [0.15, 0.2) is 0 Å². The van der Waals surface area contributed by atoms with Gasteiger partial charge in [0, 0.05) is 25.0 Å². The molecule has 9 heteroatoms. The van der Waals surface area contributed by atoms with E-state index in [2.05, 4.69) is 4.72 Å². The summed E-state index contributed by atoms with van der Waals surface area (Å²) in [4.78, 5) is 27.9. The quantitative estimate of drug-likeness (QED) is 0.297. The minimum atomic E-state index is -4.11. The number of sulfonamides is 1. The van der Waals surface area contributed by atoms with Crippen LogP contribution in [0.4, 0.5) is 0 Å². The van der Waals surface area contributed by atoms with Crippen molar-refractivity contribution >= 4 is 32.7 Å². The highest BCUT2D eigenvalue weighted by molar-refractivity contribution is 7.90. The highest BCUT2D eigenvalue weighted by atomic mass is 32.2. The minimum absolute atomic E-state index is 0.0429. The molecule has 1 saturated carbocycles. The largest absolute Gasteiger partial charge is 0.497 e.